The van der Waals surface area contributed by atoms with Crippen LogP contribution in [0.3, 0.4) is 0 Å². The second-order valence-corrected chi connectivity index (χ2v) is 13.0. The third kappa shape index (κ3) is 7.91. The Labute approximate surface area is 264 Å². The molecule has 2 aromatic rings. The van der Waals surface area contributed by atoms with Crippen molar-refractivity contribution >= 4 is 28.5 Å². The first-order chi connectivity index (χ1) is 18.9. The zero-order valence-electron chi connectivity index (χ0n) is 26.4. The molecule has 1 saturated carbocycles. The summed E-state index contributed by atoms with van der Waals surface area (Å²) < 4.78 is 0. The summed E-state index contributed by atoms with van der Waals surface area (Å²) in [6.07, 6.45) is 3.51. The van der Waals surface area contributed by atoms with Crippen LogP contribution in [0.1, 0.15) is 53.0 Å². The van der Waals surface area contributed by atoms with Crippen LogP contribution >= 0.6 is 0 Å². The molecule has 3 aliphatic rings. The van der Waals surface area contributed by atoms with Gasteiger partial charge in [0.05, 0.1) is 12.0 Å². The van der Waals surface area contributed by atoms with E-state index in [1.54, 1.807) is 11.3 Å². The summed E-state index contributed by atoms with van der Waals surface area (Å²) in [5.74, 6) is -0.292. The summed E-state index contributed by atoms with van der Waals surface area (Å²) in [5, 5.41) is 17.7. The van der Waals surface area contributed by atoms with Crippen LogP contribution in [-0.4, -0.2) is 47.8 Å². The van der Waals surface area contributed by atoms with Gasteiger partial charge in [-0.3, -0.25) is 16.0 Å². The van der Waals surface area contributed by atoms with Crippen molar-refractivity contribution in [1.82, 2.24) is 15.5 Å². The third-order valence-corrected chi connectivity index (χ3v) is 8.57. The van der Waals surface area contributed by atoms with Crippen LogP contribution in [-0.2, 0) is 20.8 Å². The van der Waals surface area contributed by atoms with E-state index < -0.39 is 12.1 Å². The number of rotatable bonds is 6. The fourth-order valence-electron chi connectivity index (χ4n) is 6.22. The van der Waals surface area contributed by atoms with E-state index in [9.17, 15) is 19.6 Å². The van der Waals surface area contributed by atoms with Gasteiger partial charge in [-0.15, -0.1) is 5.41 Å². The SMILES string of the molecule is CC(C)(C)[CH-]C(=O)N1CC2[C@@H]([C@H]1C(=O)N[C@H](C#N)C[C@@H]1CCNC1=O)C2(C)C.[CH2-]Cc1ccc2ccccc2c1.[CH3-].[Li+]. The number of hydrogen-bond donors (Lipinski definition) is 2. The minimum Gasteiger partial charge on any atom is -0.358 e. The Kier molecular flexibility index (Phi) is 11.8. The second-order valence-electron chi connectivity index (χ2n) is 13.0. The number of nitrogens with one attached hydrogen (secondary N) is 2. The minimum absolute atomic E-state index is 0. The Morgan fingerprint density at radius 2 is 1.88 bits per heavy atom. The molecule has 2 aliphatic heterocycles. The van der Waals surface area contributed by atoms with E-state index >= 15 is 0 Å². The number of fused-ring (bicyclic) bond motifs is 2. The summed E-state index contributed by atoms with van der Waals surface area (Å²) in [4.78, 5) is 39.4. The van der Waals surface area contributed by atoms with E-state index in [-0.39, 0.29) is 66.7 Å². The zero-order chi connectivity index (χ0) is 29.2. The fourth-order valence-corrected chi connectivity index (χ4v) is 6.22. The van der Waals surface area contributed by atoms with Gasteiger partial charge in [-0.2, -0.15) is 11.7 Å². The molecule has 2 heterocycles. The number of carbonyl (C=O) groups is 3. The molecule has 0 spiro atoms. The van der Waals surface area contributed by atoms with Gasteiger partial charge in [-0.1, -0.05) is 82.6 Å². The fraction of sp³-hybridized carbons (Fsp3) is 0.500. The average Bonchev–Trinajstić information content (AvgIpc) is 3.25. The Balaban J connectivity index is 0.000000369. The molecule has 5 rings (SSSR count). The smallest absolute Gasteiger partial charge is 0.358 e. The number of nitrogens with zero attached hydrogens (tertiary/aromatic N) is 2. The van der Waals surface area contributed by atoms with E-state index in [0.29, 0.717) is 31.8 Å². The van der Waals surface area contributed by atoms with Crippen LogP contribution in [0.5, 0.6) is 0 Å². The van der Waals surface area contributed by atoms with Gasteiger partial charge in [0.15, 0.2) is 0 Å². The molecule has 1 unspecified atom stereocenters. The van der Waals surface area contributed by atoms with Crippen LogP contribution in [0.15, 0.2) is 42.5 Å². The summed E-state index contributed by atoms with van der Waals surface area (Å²) in [5.41, 5.74) is 1.05. The van der Waals surface area contributed by atoms with Crippen LogP contribution in [0, 0.1) is 60.7 Å². The van der Waals surface area contributed by atoms with Crippen LogP contribution in [0.2, 0.25) is 0 Å². The van der Waals surface area contributed by atoms with Gasteiger partial charge in [0.25, 0.3) is 0 Å². The van der Waals surface area contributed by atoms with Crippen molar-refractivity contribution in [3.05, 3.63) is 68.8 Å². The second kappa shape index (κ2) is 14.0. The quantitative estimate of drug-likeness (QED) is 0.414. The maximum absolute atomic E-state index is 13.1. The number of amides is 3. The van der Waals surface area contributed by atoms with Crippen molar-refractivity contribution in [2.45, 2.75) is 66.0 Å². The largest absolute Gasteiger partial charge is 1.00 e. The molecule has 1 aliphatic carbocycles. The maximum Gasteiger partial charge on any atom is 1.00 e. The molecular weight excluding hydrogens is 519 g/mol. The topological polar surface area (TPSA) is 102 Å². The van der Waals surface area contributed by atoms with Crippen molar-refractivity contribution in [2.24, 2.45) is 28.6 Å². The molecule has 0 radical (unpaired) electrons. The van der Waals surface area contributed by atoms with E-state index in [1.807, 2.05) is 20.8 Å². The number of carbonyl (C=O) groups excluding carboxylic acids is 3. The molecule has 222 valence electrons. The monoisotopic (exact) mass is 564 g/mol. The number of nitriles is 1. The van der Waals surface area contributed by atoms with Gasteiger partial charge in [0.2, 0.25) is 11.8 Å². The molecule has 2 aromatic carbocycles. The standard InChI is InChI=1S/C21H31N4O3.C12H11.CH3.Li/c1-20(2,3)9-15(26)25-11-14-16(21(14,4)5)17(25)19(28)24-13(10-22)8-12-6-7-23-18(12)27;1-2-10-7-8-11-5-3-4-6-12(11)9-10;;/h9,12-14,16-17H,6-8,11H2,1-5H3,(H,23,27)(H,24,28);3-9H,1-2H2;1H3;/q3*-1;+1/t12-,13-,14?,16-,17-;;;/m0.../s1. The molecule has 0 aromatic heterocycles. The molecule has 7 nitrogen and oxygen atoms in total. The van der Waals surface area contributed by atoms with E-state index in [0.717, 1.165) is 6.42 Å². The number of hydrogen-bond acceptors (Lipinski definition) is 4. The molecule has 0 bridgehead atoms. The van der Waals surface area contributed by atoms with Crippen LogP contribution in [0.4, 0.5) is 0 Å². The van der Waals surface area contributed by atoms with E-state index in [2.05, 4.69) is 79.9 Å². The number of benzene rings is 2. The van der Waals surface area contributed by atoms with Crippen molar-refractivity contribution < 1.29 is 33.2 Å². The van der Waals surface area contributed by atoms with Gasteiger partial charge in [0, 0.05) is 19.0 Å². The average molecular weight is 565 g/mol. The molecule has 5 atom stereocenters. The number of piperidine rings is 1. The molecule has 3 fully saturated rings. The van der Waals surface area contributed by atoms with Gasteiger partial charge in [0.1, 0.15) is 12.1 Å². The Morgan fingerprint density at radius 1 is 1.21 bits per heavy atom. The van der Waals surface area contributed by atoms with Gasteiger partial charge in [-0.05, 0) is 40.9 Å². The molecule has 2 N–H and O–H groups in total. The molecule has 42 heavy (non-hydrogen) atoms. The summed E-state index contributed by atoms with van der Waals surface area (Å²) in [6.45, 7) is 15.2. The predicted molar refractivity (Wildman–Crippen MR) is 163 cm³/mol. The minimum atomic E-state index is -0.731. The third-order valence-electron chi connectivity index (χ3n) is 8.57. The van der Waals surface area contributed by atoms with Crippen molar-refractivity contribution in [1.29, 1.82) is 5.26 Å². The first-order valence-electron chi connectivity index (χ1n) is 14.3. The van der Waals surface area contributed by atoms with Gasteiger partial charge >= 0.3 is 18.9 Å². The first kappa shape index (κ1) is 35.3. The van der Waals surface area contributed by atoms with E-state index in [1.165, 1.54) is 16.3 Å². The molecule has 2 saturated heterocycles. The molecule has 8 heteroatoms. The summed E-state index contributed by atoms with van der Waals surface area (Å²) in [7, 11) is 0. The summed E-state index contributed by atoms with van der Waals surface area (Å²) >= 11 is 0. The first-order valence-corrected chi connectivity index (χ1v) is 14.3. The molecular formula is C34H45LiN4O3-2. The predicted octanol–water partition coefficient (Wildman–Crippen LogP) is 1.93. The van der Waals surface area contributed by atoms with Gasteiger partial charge in [-0.25, -0.2) is 0 Å². The van der Waals surface area contributed by atoms with Gasteiger partial charge < -0.3 is 34.7 Å². The van der Waals surface area contributed by atoms with E-state index in [4.69, 9.17) is 0 Å². The van der Waals surface area contributed by atoms with Crippen molar-refractivity contribution in [3.8, 4) is 6.07 Å². The number of likely N-dealkylation sites (tertiary alicyclic amines) is 1. The van der Waals surface area contributed by atoms with Crippen LogP contribution < -0.4 is 29.5 Å². The zero-order valence-corrected chi connectivity index (χ0v) is 26.4. The molecule has 3 amide bonds. The Morgan fingerprint density at radius 3 is 2.45 bits per heavy atom. The summed E-state index contributed by atoms with van der Waals surface area (Å²) in [6, 6.07) is 15.7. The van der Waals surface area contributed by atoms with Crippen molar-refractivity contribution in [3.63, 3.8) is 0 Å². The van der Waals surface area contributed by atoms with Crippen LogP contribution in [0.25, 0.3) is 10.8 Å². The Bertz CT molecular complexity index is 1310. The normalized spacial score (nSPS) is 23.9. The van der Waals surface area contributed by atoms with Crippen molar-refractivity contribution in [2.75, 3.05) is 13.1 Å². The Hall–Kier alpha value is -2.93. The maximum atomic E-state index is 13.1.